The number of carbonyl (C=O) groups is 1. The van der Waals surface area contributed by atoms with Gasteiger partial charge in [0.15, 0.2) is 11.5 Å². The Balaban J connectivity index is 1.90. The predicted molar refractivity (Wildman–Crippen MR) is 75.3 cm³/mol. The number of nitrogens with zero attached hydrogens (tertiary/aromatic N) is 3. The third-order valence-electron chi connectivity index (χ3n) is 3.68. The molecular weight excluding hydrogens is 297 g/mol. The summed E-state index contributed by atoms with van der Waals surface area (Å²) in [7, 11) is 0. The Morgan fingerprint density at radius 1 is 1.32 bits per heavy atom. The molecule has 0 spiro atoms. The standard InChI is InChI=1S/C14H19F3N4O/c1-2-7-18-13(22)10-5-8-21(9-6-10)12-4-3-11(19-20-12)14(15,16)17/h3-4,10H,2,5-9H2,1H3,(H,18,22). The van der Waals surface area contributed by atoms with Gasteiger partial charge in [0.05, 0.1) is 0 Å². The molecule has 0 bridgehead atoms. The maximum atomic E-state index is 12.4. The van der Waals surface area contributed by atoms with Crippen molar-refractivity contribution in [2.24, 2.45) is 5.92 Å². The molecule has 1 aliphatic rings. The summed E-state index contributed by atoms with van der Waals surface area (Å²) >= 11 is 0. The monoisotopic (exact) mass is 316 g/mol. The second-order valence-electron chi connectivity index (χ2n) is 5.33. The van der Waals surface area contributed by atoms with Crippen molar-refractivity contribution < 1.29 is 18.0 Å². The summed E-state index contributed by atoms with van der Waals surface area (Å²) in [5.41, 5.74) is -0.995. The minimum atomic E-state index is -4.48. The lowest BCUT2D eigenvalue weighted by molar-refractivity contribution is -0.141. The van der Waals surface area contributed by atoms with Gasteiger partial charge in [-0.25, -0.2) is 0 Å². The van der Waals surface area contributed by atoms with Gasteiger partial charge in [0.25, 0.3) is 0 Å². The summed E-state index contributed by atoms with van der Waals surface area (Å²) in [6.07, 6.45) is -2.25. The molecule has 1 N–H and O–H groups in total. The highest BCUT2D eigenvalue weighted by Gasteiger charge is 2.33. The van der Waals surface area contributed by atoms with E-state index in [-0.39, 0.29) is 11.8 Å². The Hall–Kier alpha value is -1.86. The van der Waals surface area contributed by atoms with E-state index in [4.69, 9.17) is 0 Å². The van der Waals surface area contributed by atoms with Crippen LogP contribution in [-0.4, -0.2) is 35.7 Å². The Morgan fingerprint density at radius 2 is 2.00 bits per heavy atom. The molecule has 1 aliphatic heterocycles. The number of amides is 1. The van der Waals surface area contributed by atoms with Gasteiger partial charge in [-0.2, -0.15) is 13.2 Å². The molecule has 1 saturated heterocycles. The van der Waals surface area contributed by atoms with Crippen molar-refractivity contribution in [3.8, 4) is 0 Å². The van der Waals surface area contributed by atoms with Gasteiger partial charge in [0.2, 0.25) is 5.91 Å². The molecule has 2 heterocycles. The summed E-state index contributed by atoms with van der Waals surface area (Å²) in [5, 5.41) is 9.74. The molecule has 1 amide bonds. The first kappa shape index (κ1) is 16.5. The number of hydrogen-bond acceptors (Lipinski definition) is 4. The van der Waals surface area contributed by atoms with Crippen LogP contribution in [0.5, 0.6) is 0 Å². The Morgan fingerprint density at radius 3 is 2.50 bits per heavy atom. The molecule has 0 saturated carbocycles. The number of nitrogens with one attached hydrogen (secondary N) is 1. The first-order valence-corrected chi connectivity index (χ1v) is 7.35. The van der Waals surface area contributed by atoms with Gasteiger partial charge in [-0.1, -0.05) is 6.92 Å². The van der Waals surface area contributed by atoms with Gasteiger partial charge in [-0.15, -0.1) is 10.2 Å². The maximum Gasteiger partial charge on any atom is 0.435 e. The zero-order valence-corrected chi connectivity index (χ0v) is 12.4. The highest BCUT2D eigenvalue weighted by molar-refractivity contribution is 5.78. The van der Waals surface area contributed by atoms with Crippen LogP contribution >= 0.6 is 0 Å². The molecule has 1 aromatic heterocycles. The molecule has 5 nitrogen and oxygen atoms in total. The van der Waals surface area contributed by atoms with Crippen molar-refractivity contribution in [2.45, 2.75) is 32.4 Å². The van der Waals surface area contributed by atoms with Crippen molar-refractivity contribution in [1.82, 2.24) is 15.5 Å². The van der Waals surface area contributed by atoms with Crippen molar-refractivity contribution >= 4 is 11.7 Å². The van der Waals surface area contributed by atoms with Gasteiger partial charge in [-0.05, 0) is 31.4 Å². The highest BCUT2D eigenvalue weighted by atomic mass is 19.4. The number of carbonyl (C=O) groups excluding carboxylic acids is 1. The van der Waals surface area contributed by atoms with E-state index in [0.717, 1.165) is 12.5 Å². The number of rotatable bonds is 4. The average Bonchev–Trinajstić information content (AvgIpc) is 2.52. The van der Waals surface area contributed by atoms with Crippen LogP contribution in [-0.2, 0) is 11.0 Å². The summed E-state index contributed by atoms with van der Waals surface area (Å²) < 4.78 is 37.3. The summed E-state index contributed by atoms with van der Waals surface area (Å²) in [5.74, 6) is 0.436. The van der Waals surface area contributed by atoms with Crippen LogP contribution in [0.2, 0.25) is 0 Å². The molecule has 8 heteroatoms. The molecule has 2 rings (SSSR count). The third kappa shape index (κ3) is 4.08. The van der Waals surface area contributed by atoms with Crippen molar-refractivity contribution in [1.29, 1.82) is 0 Å². The Bertz CT molecular complexity index is 496. The van der Waals surface area contributed by atoms with E-state index < -0.39 is 11.9 Å². The quantitative estimate of drug-likeness (QED) is 0.925. The molecule has 0 aliphatic carbocycles. The second kappa shape index (κ2) is 6.93. The van der Waals surface area contributed by atoms with Gasteiger partial charge in [0, 0.05) is 25.6 Å². The number of halogens is 3. The van der Waals surface area contributed by atoms with Crippen LogP contribution in [0.15, 0.2) is 12.1 Å². The topological polar surface area (TPSA) is 58.1 Å². The first-order chi connectivity index (χ1) is 10.4. The zero-order chi connectivity index (χ0) is 16.2. The fraction of sp³-hybridized carbons (Fsp3) is 0.643. The number of piperidine rings is 1. The Kier molecular flexibility index (Phi) is 5.20. The third-order valence-corrected chi connectivity index (χ3v) is 3.68. The minimum absolute atomic E-state index is 0.0368. The molecule has 0 unspecified atom stereocenters. The molecule has 22 heavy (non-hydrogen) atoms. The number of alkyl halides is 3. The normalized spacial score (nSPS) is 16.6. The number of aromatic nitrogens is 2. The number of hydrogen-bond donors (Lipinski definition) is 1. The van der Waals surface area contributed by atoms with E-state index in [0.29, 0.717) is 38.3 Å². The summed E-state index contributed by atoms with van der Waals surface area (Å²) in [6.45, 7) is 3.84. The van der Waals surface area contributed by atoms with Crippen LogP contribution in [0.25, 0.3) is 0 Å². The second-order valence-corrected chi connectivity index (χ2v) is 5.33. The summed E-state index contributed by atoms with van der Waals surface area (Å²) in [4.78, 5) is 13.7. The molecule has 0 radical (unpaired) electrons. The van der Waals surface area contributed by atoms with Crippen LogP contribution in [0.3, 0.4) is 0 Å². The van der Waals surface area contributed by atoms with Crippen LogP contribution in [0, 0.1) is 5.92 Å². The lowest BCUT2D eigenvalue weighted by Crippen LogP contribution is -2.41. The molecule has 0 aromatic carbocycles. The first-order valence-electron chi connectivity index (χ1n) is 7.35. The predicted octanol–water partition coefficient (Wildman–Crippen LogP) is 2.24. The van der Waals surface area contributed by atoms with E-state index >= 15 is 0 Å². The molecule has 122 valence electrons. The van der Waals surface area contributed by atoms with Gasteiger partial charge in [-0.3, -0.25) is 4.79 Å². The largest absolute Gasteiger partial charge is 0.435 e. The van der Waals surface area contributed by atoms with E-state index in [2.05, 4.69) is 15.5 Å². The van der Waals surface area contributed by atoms with Crippen LogP contribution in [0.1, 0.15) is 31.9 Å². The van der Waals surface area contributed by atoms with Crippen molar-refractivity contribution in [2.75, 3.05) is 24.5 Å². The van der Waals surface area contributed by atoms with Crippen molar-refractivity contribution in [3.05, 3.63) is 17.8 Å². The maximum absolute atomic E-state index is 12.4. The molecule has 1 aromatic rings. The fourth-order valence-electron chi connectivity index (χ4n) is 2.41. The van der Waals surface area contributed by atoms with Gasteiger partial charge < -0.3 is 10.2 Å². The van der Waals surface area contributed by atoms with E-state index in [1.807, 2.05) is 11.8 Å². The highest BCUT2D eigenvalue weighted by Crippen LogP contribution is 2.28. The summed E-state index contributed by atoms with van der Waals surface area (Å²) in [6, 6.07) is 2.26. The van der Waals surface area contributed by atoms with Gasteiger partial charge >= 0.3 is 6.18 Å². The molecular formula is C14H19F3N4O. The zero-order valence-electron chi connectivity index (χ0n) is 12.4. The Labute approximate surface area is 126 Å². The molecule has 1 fully saturated rings. The van der Waals surface area contributed by atoms with E-state index in [1.165, 1.54) is 6.07 Å². The van der Waals surface area contributed by atoms with E-state index in [1.54, 1.807) is 0 Å². The fourth-order valence-corrected chi connectivity index (χ4v) is 2.41. The van der Waals surface area contributed by atoms with E-state index in [9.17, 15) is 18.0 Å². The van der Waals surface area contributed by atoms with Crippen LogP contribution in [0.4, 0.5) is 19.0 Å². The molecule has 0 atom stereocenters. The smallest absolute Gasteiger partial charge is 0.356 e. The average molecular weight is 316 g/mol. The lowest BCUT2D eigenvalue weighted by Gasteiger charge is -2.31. The van der Waals surface area contributed by atoms with Gasteiger partial charge in [0.1, 0.15) is 0 Å². The van der Waals surface area contributed by atoms with Crippen molar-refractivity contribution in [3.63, 3.8) is 0 Å². The van der Waals surface area contributed by atoms with Crippen LogP contribution < -0.4 is 10.2 Å². The SMILES string of the molecule is CCCNC(=O)C1CCN(c2ccc(C(F)(F)F)nn2)CC1. The minimum Gasteiger partial charge on any atom is -0.356 e. The lowest BCUT2D eigenvalue weighted by atomic mass is 9.96. The number of anilines is 1.